The van der Waals surface area contributed by atoms with Gasteiger partial charge in [0.25, 0.3) is 0 Å². The van der Waals surface area contributed by atoms with Crippen LogP contribution in [-0.2, 0) is 0 Å². The second-order valence-corrected chi connectivity index (χ2v) is 4.97. The van der Waals surface area contributed by atoms with Gasteiger partial charge < -0.3 is 14.8 Å². The van der Waals surface area contributed by atoms with E-state index >= 15 is 0 Å². The average molecular weight is 296 g/mol. The second kappa shape index (κ2) is 11.1. The number of unbranched alkanes of at least 4 members (excludes halogenated alkanes) is 5. The van der Waals surface area contributed by atoms with E-state index in [4.69, 9.17) is 9.47 Å². The molecule has 1 aromatic heterocycles. The number of nitrogens with zero attached hydrogens (tertiary/aromatic N) is 3. The number of hydrogen-bond donors (Lipinski definition) is 1. The Morgan fingerprint density at radius 3 is 2.29 bits per heavy atom. The molecular formula is C15H28N4O2. The fourth-order valence-electron chi connectivity index (χ4n) is 1.86. The first-order valence-electron chi connectivity index (χ1n) is 7.96. The second-order valence-electron chi connectivity index (χ2n) is 4.97. The molecule has 0 aliphatic rings. The molecule has 0 saturated heterocycles. The third-order valence-electron chi connectivity index (χ3n) is 3.04. The molecule has 0 atom stereocenters. The van der Waals surface area contributed by atoms with E-state index in [0.717, 1.165) is 19.4 Å². The maximum absolute atomic E-state index is 5.59. The van der Waals surface area contributed by atoms with Crippen molar-refractivity contribution in [3.63, 3.8) is 0 Å². The molecule has 0 fully saturated rings. The first-order valence-corrected chi connectivity index (χ1v) is 7.96. The van der Waals surface area contributed by atoms with E-state index in [0.29, 0.717) is 18.6 Å². The standard InChI is InChI=1S/C15H28N4O2/c1-4-6-7-8-9-10-12-21-15-18-13(16-11-5-2)17-14(19-15)20-3/h4-12H2,1-3H3,(H,16,17,18,19). The summed E-state index contributed by atoms with van der Waals surface area (Å²) in [6.45, 7) is 5.75. The van der Waals surface area contributed by atoms with E-state index in [-0.39, 0.29) is 6.01 Å². The summed E-state index contributed by atoms with van der Waals surface area (Å²) in [6.07, 6.45) is 8.37. The van der Waals surface area contributed by atoms with Gasteiger partial charge >= 0.3 is 12.0 Å². The Hall–Kier alpha value is -1.59. The van der Waals surface area contributed by atoms with Gasteiger partial charge in [0.1, 0.15) is 0 Å². The zero-order chi connectivity index (χ0) is 15.3. The minimum absolute atomic E-state index is 0.279. The Kier molecular flexibility index (Phi) is 9.24. The molecule has 0 amide bonds. The Morgan fingerprint density at radius 1 is 0.857 bits per heavy atom. The molecule has 0 aliphatic heterocycles. The van der Waals surface area contributed by atoms with Gasteiger partial charge in [-0.05, 0) is 12.8 Å². The third kappa shape index (κ3) is 7.68. The minimum atomic E-state index is 0.279. The molecule has 6 nitrogen and oxygen atoms in total. The summed E-state index contributed by atoms with van der Waals surface area (Å²) in [4.78, 5) is 12.5. The van der Waals surface area contributed by atoms with Gasteiger partial charge in [-0.15, -0.1) is 4.98 Å². The molecule has 1 aromatic rings. The Bertz CT molecular complexity index is 388. The lowest BCUT2D eigenvalue weighted by Gasteiger charge is -2.08. The smallest absolute Gasteiger partial charge is 0.324 e. The average Bonchev–Trinajstić information content (AvgIpc) is 2.51. The van der Waals surface area contributed by atoms with Crippen LogP contribution in [0.1, 0.15) is 58.8 Å². The fourth-order valence-corrected chi connectivity index (χ4v) is 1.86. The topological polar surface area (TPSA) is 69.2 Å². The van der Waals surface area contributed by atoms with Crippen molar-refractivity contribution in [1.29, 1.82) is 0 Å². The molecule has 0 bridgehead atoms. The highest BCUT2D eigenvalue weighted by atomic mass is 16.5. The summed E-state index contributed by atoms with van der Waals surface area (Å²) in [6, 6.07) is 0.607. The summed E-state index contributed by atoms with van der Waals surface area (Å²) in [5.41, 5.74) is 0. The molecule has 1 N–H and O–H groups in total. The van der Waals surface area contributed by atoms with E-state index in [1.54, 1.807) is 0 Å². The maximum Gasteiger partial charge on any atom is 0.324 e. The maximum atomic E-state index is 5.59. The molecule has 6 heteroatoms. The quantitative estimate of drug-likeness (QED) is 0.596. The SMILES string of the molecule is CCCCCCCCOc1nc(NCCC)nc(OC)n1. The highest BCUT2D eigenvalue weighted by Crippen LogP contribution is 2.13. The van der Waals surface area contributed by atoms with E-state index in [2.05, 4.69) is 34.1 Å². The van der Waals surface area contributed by atoms with Crippen molar-refractivity contribution < 1.29 is 9.47 Å². The number of aromatic nitrogens is 3. The molecule has 0 radical (unpaired) electrons. The van der Waals surface area contributed by atoms with Crippen LogP contribution < -0.4 is 14.8 Å². The van der Waals surface area contributed by atoms with Crippen LogP contribution in [0.15, 0.2) is 0 Å². The van der Waals surface area contributed by atoms with Crippen LogP contribution >= 0.6 is 0 Å². The summed E-state index contributed by atoms with van der Waals surface area (Å²) < 4.78 is 10.7. The van der Waals surface area contributed by atoms with Crippen molar-refractivity contribution in [2.75, 3.05) is 25.6 Å². The van der Waals surface area contributed by atoms with Crippen LogP contribution in [0.5, 0.6) is 12.0 Å². The predicted octanol–water partition coefficient (Wildman–Crippen LogP) is 3.44. The summed E-state index contributed by atoms with van der Waals surface area (Å²) in [7, 11) is 1.54. The van der Waals surface area contributed by atoms with Gasteiger partial charge in [0.2, 0.25) is 5.95 Å². The number of ether oxygens (including phenoxy) is 2. The van der Waals surface area contributed by atoms with Crippen LogP contribution in [0.2, 0.25) is 0 Å². The lowest BCUT2D eigenvalue weighted by molar-refractivity contribution is 0.272. The number of rotatable bonds is 12. The van der Waals surface area contributed by atoms with Crippen LogP contribution in [0.3, 0.4) is 0 Å². The van der Waals surface area contributed by atoms with Crippen molar-refractivity contribution >= 4 is 5.95 Å². The summed E-state index contributed by atoms with van der Waals surface area (Å²) in [5.74, 6) is 0.502. The van der Waals surface area contributed by atoms with Crippen molar-refractivity contribution in [1.82, 2.24) is 15.0 Å². The zero-order valence-corrected chi connectivity index (χ0v) is 13.5. The van der Waals surface area contributed by atoms with E-state index in [9.17, 15) is 0 Å². The van der Waals surface area contributed by atoms with Crippen molar-refractivity contribution in [3.05, 3.63) is 0 Å². The van der Waals surface area contributed by atoms with Crippen LogP contribution in [0.25, 0.3) is 0 Å². The Balaban J connectivity index is 2.35. The van der Waals surface area contributed by atoms with Crippen molar-refractivity contribution in [2.45, 2.75) is 58.8 Å². The molecule has 21 heavy (non-hydrogen) atoms. The molecule has 120 valence electrons. The van der Waals surface area contributed by atoms with Gasteiger partial charge in [-0.1, -0.05) is 46.0 Å². The monoisotopic (exact) mass is 296 g/mol. The van der Waals surface area contributed by atoms with Crippen LogP contribution in [0.4, 0.5) is 5.95 Å². The normalized spacial score (nSPS) is 10.4. The first-order chi connectivity index (χ1) is 10.3. The molecule has 0 aliphatic carbocycles. The Labute approximate surface area is 127 Å². The molecular weight excluding hydrogens is 268 g/mol. The van der Waals surface area contributed by atoms with Gasteiger partial charge in [-0.25, -0.2) is 0 Å². The molecule has 1 rings (SSSR count). The Morgan fingerprint density at radius 2 is 1.57 bits per heavy atom. The van der Waals surface area contributed by atoms with Gasteiger partial charge in [-0.3, -0.25) is 0 Å². The van der Waals surface area contributed by atoms with E-state index in [1.807, 2.05) is 0 Å². The molecule has 0 saturated carbocycles. The number of nitrogens with one attached hydrogen (secondary N) is 1. The number of anilines is 1. The number of methoxy groups -OCH3 is 1. The highest BCUT2D eigenvalue weighted by Gasteiger charge is 2.07. The zero-order valence-electron chi connectivity index (χ0n) is 13.5. The van der Waals surface area contributed by atoms with Crippen LogP contribution in [0, 0.1) is 0 Å². The van der Waals surface area contributed by atoms with Gasteiger partial charge in [0, 0.05) is 6.54 Å². The molecule has 1 heterocycles. The molecule has 0 spiro atoms. The molecule has 0 unspecified atom stereocenters. The van der Waals surface area contributed by atoms with Gasteiger partial charge in [0.05, 0.1) is 13.7 Å². The molecule has 0 aromatic carbocycles. The largest absolute Gasteiger partial charge is 0.467 e. The highest BCUT2D eigenvalue weighted by molar-refractivity contribution is 5.27. The fraction of sp³-hybridized carbons (Fsp3) is 0.800. The minimum Gasteiger partial charge on any atom is -0.467 e. The lowest BCUT2D eigenvalue weighted by atomic mass is 10.1. The summed E-state index contributed by atoms with van der Waals surface area (Å²) in [5, 5.41) is 3.11. The number of hydrogen-bond acceptors (Lipinski definition) is 6. The van der Waals surface area contributed by atoms with Gasteiger partial charge in [-0.2, -0.15) is 9.97 Å². The summed E-state index contributed by atoms with van der Waals surface area (Å²) >= 11 is 0. The lowest BCUT2D eigenvalue weighted by Crippen LogP contribution is -2.09. The first kappa shape index (κ1) is 17.5. The third-order valence-corrected chi connectivity index (χ3v) is 3.04. The van der Waals surface area contributed by atoms with Crippen molar-refractivity contribution in [2.24, 2.45) is 0 Å². The van der Waals surface area contributed by atoms with Crippen LogP contribution in [-0.4, -0.2) is 35.2 Å². The van der Waals surface area contributed by atoms with E-state index < -0.39 is 0 Å². The van der Waals surface area contributed by atoms with E-state index in [1.165, 1.54) is 39.2 Å². The predicted molar refractivity (Wildman–Crippen MR) is 84.0 cm³/mol. The van der Waals surface area contributed by atoms with Crippen molar-refractivity contribution in [3.8, 4) is 12.0 Å². The van der Waals surface area contributed by atoms with Gasteiger partial charge in [0.15, 0.2) is 0 Å².